The Kier molecular flexibility index (Phi) is 4.67. The highest BCUT2D eigenvalue weighted by Gasteiger charge is 2.22. The summed E-state index contributed by atoms with van der Waals surface area (Å²) in [6, 6.07) is 8.14. The smallest absolute Gasteiger partial charge is 0.259 e. The zero-order chi connectivity index (χ0) is 15.6. The number of carbonyl (C=O) groups excluding carboxylic acids is 1. The second kappa shape index (κ2) is 6.30. The van der Waals surface area contributed by atoms with Crippen LogP contribution in [0.15, 0.2) is 40.9 Å². The SMILES string of the molecule is CN(Cc1ccc(Br)cc1)C(=O)c1c(F)cc(F)cc1F. The Morgan fingerprint density at radius 3 is 2.14 bits per heavy atom. The normalized spacial score (nSPS) is 10.5. The molecule has 0 fully saturated rings. The molecular formula is C15H11BrF3NO. The van der Waals surface area contributed by atoms with Gasteiger partial charge in [-0.3, -0.25) is 4.79 Å². The number of halogens is 4. The molecule has 0 heterocycles. The lowest BCUT2D eigenvalue weighted by molar-refractivity contribution is 0.0775. The Morgan fingerprint density at radius 2 is 1.62 bits per heavy atom. The number of carbonyl (C=O) groups is 1. The average Bonchev–Trinajstić information content (AvgIpc) is 2.40. The summed E-state index contributed by atoms with van der Waals surface area (Å²) in [4.78, 5) is 13.3. The van der Waals surface area contributed by atoms with Crippen LogP contribution in [-0.2, 0) is 6.54 Å². The lowest BCUT2D eigenvalue weighted by atomic mass is 10.1. The van der Waals surface area contributed by atoms with Crippen LogP contribution in [-0.4, -0.2) is 17.9 Å². The van der Waals surface area contributed by atoms with Crippen LogP contribution in [0.1, 0.15) is 15.9 Å². The van der Waals surface area contributed by atoms with Crippen LogP contribution in [0.2, 0.25) is 0 Å². The summed E-state index contributed by atoms with van der Waals surface area (Å²) in [7, 11) is 1.42. The first-order valence-electron chi connectivity index (χ1n) is 6.03. The van der Waals surface area contributed by atoms with E-state index in [1.165, 1.54) is 11.9 Å². The molecule has 2 rings (SSSR count). The minimum Gasteiger partial charge on any atom is -0.337 e. The van der Waals surface area contributed by atoms with Crippen molar-refractivity contribution in [2.24, 2.45) is 0 Å². The number of hydrogen-bond donors (Lipinski definition) is 0. The second-order valence-corrected chi connectivity index (χ2v) is 5.45. The van der Waals surface area contributed by atoms with Crippen LogP contribution >= 0.6 is 15.9 Å². The third kappa shape index (κ3) is 3.64. The summed E-state index contributed by atoms with van der Waals surface area (Å²) in [5.74, 6) is -4.31. The maximum absolute atomic E-state index is 13.6. The van der Waals surface area contributed by atoms with Crippen molar-refractivity contribution in [1.29, 1.82) is 0 Å². The van der Waals surface area contributed by atoms with Crippen LogP contribution in [0.4, 0.5) is 13.2 Å². The molecule has 6 heteroatoms. The molecule has 0 saturated heterocycles. The topological polar surface area (TPSA) is 20.3 Å². The van der Waals surface area contributed by atoms with Gasteiger partial charge in [-0.05, 0) is 17.7 Å². The van der Waals surface area contributed by atoms with Crippen LogP contribution in [0.3, 0.4) is 0 Å². The molecule has 0 radical (unpaired) electrons. The van der Waals surface area contributed by atoms with Gasteiger partial charge in [-0.25, -0.2) is 13.2 Å². The molecule has 0 atom stereocenters. The molecule has 0 saturated carbocycles. The Labute approximate surface area is 128 Å². The van der Waals surface area contributed by atoms with E-state index in [4.69, 9.17) is 0 Å². The summed E-state index contributed by atoms with van der Waals surface area (Å²) < 4.78 is 40.9. The predicted molar refractivity (Wildman–Crippen MR) is 76.3 cm³/mol. The Morgan fingerprint density at radius 1 is 1.10 bits per heavy atom. The quantitative estimate of drug-likeness (QED) is 0.808. The van der Waals surface area contributed by atoms with Gasteiger partial charge in [-0.2, -0.15) is 0 Å². The molecule has 2 aromatic carbocycles. The molecule has 0 unspecified atom stereocenters. The van der Waals surface area contributed by atoms with Crippen molar-refractivity contribution in [3.05, 3.63) is 69.4 Å². The van der Waals surface area contributed by atoms with E-state index in [1.54, 1.807) is 24.3 Å². The fourth-order valence-corrected chi connectivity index (χ4v) is 2.14. The fraction of sp³-hybridized carbons (Fsp3) is 0.133. The van der Waals surface area contributed by atoms with Crippen LogP contribution < -0.4 is 0 Å². The van der Waals surface area contributed by atoms with Gasteiger partial charge in [0.1, 0.15) is 23.0 Å². The molecule has 0 N–H and O–H groups in total. The molecule has 110 valence electrons. The third-order valence-corrected chi connectivity index (χ3v) is 3.43. The molecule has 2 aromatic rings. The lowest BCUT2D eigenvalue weighted by Gasteiger charge is -2.18. The zero-order valence-electron chi connectivity index (χ0n) is 11.0. The lowest BCUT2D eigenvalue weighted by Crippen LogP contribution is -2.28. The van der Waals surface area contributed by atoms with Gasteiger partial charge in [0.25, 0.3) is 5.91 Å². The molecule has 0 spiro atoms. The Balaban J connectivity index is 2.22. The summed E-state index contributed by atoms with van der Waals surface area (Å²) in [5, 5.41) is 0. The van der Waals surface area contributed by atoms with E-state index in [2.05, 4.69) is 15.9 Å². The van der Waals surface area contributed by atoms with E-state index < -0.39 is 28.9 Å². The highest BCUT2D eigenvalue weighted by molar-refractivity contribution is 9.10. The van der Waals surface area contributed by atoms with Gasteiger partial charge in [0.15, 0.2) is 0 Å². The van der Waals surface area contributed by atoms with Crippen molar-refractivity contribution < 1.29 is 18.0 Å². The van der Waals surface area contributed by atoms with E-state index in [1.807, 2.05) is 0 Å². The van der Waals surface area contributed by atoms with Crippen molar-refractivity contribution in [1.82, 2.24) is 4.90 Å². The van der Waals surface area contributed by atoms with Gasteiger partial charge in [-0.1, -0.05) is 28.1 Å². The van der Waals surface area contributed by atoms with Crippen molar-refractivity contribution >= 4 is 21.8 Å². The molecule has 0 bridgehead atoms. The molecule has 0 aliphatic heterocycles. The van der Waals surface area contributed by atoms with E-state index in [0.717, 1.165) is 10.0 Å². The van der Waals surface area contributed by atoms with Gasteiger partial charge >= 0.3 is 0 Å². The Bertz CT molecular complexity index is 650. The van der Waals surface area contributed by atoms with E-state index in [0.29, 0.717) is 12.1 Å². The highest BCUT2D eigenvalue weighted by atomic mass is 79.9. The molecule has 1 amide bonds. The predicted octanol–water partition coefficient (Wildman–Crippen LogP) is 4.14. The number of amides is 1. The fourth-order valence-electron chi connectivity index (χ4n) is 1.87. The molecule has 0 aliphatic rings. The van der Waals surface area contributed by atoms with Gasteiger partial charge in [0.05, 0.1) is 0 Å². The minimum absolute atomic E-state index is 0.183. The van der Waals surface area contributed by atoms with Crippen molar-refractivity contribution in [2.75, 3.05) is 7.05 Å². The molecule has 0 aromatic heterocycles. The number of benzene rings is 2. The number of hydrogen-bond acceptors (Lipinski definition) is 1. The molecule has 0 aliphatic carbocycles. The first-order valence-corrected chi connectivity index (χ1v) is 6.82. The average molecular weight is 358 g/mol. The number of rotatable bonds is 3. The largest absolute Gasteiger partial charge is 0.337 e. The third-order valence-electron chi connectivity index (χ3n) is 2.90. The zero-order valence-corrected chi connectivity index (χ0v) is 12.6. The van der Waals surface area contributed by atoms with Gasteiger partial charge in [0, 0.05) is 30.2 Å². The minimum atomic E-state index is -1.21. The van der Waals surface area contributed by atoms with Crippen LogP contribution in [0, 0.1) is 17.5 Å². The first-order chi connectivity index (χ1) is 9.88. The summed E-state index contributed by atoms with van der Waals surface area (Å²) in [5.41, 5.74) is 0.0491. The van der Waals surface area contributed by atoms with Crippen molar-refractivity contribution in [2.45, 2.75) is 6.54 Å². The van der Waals surface area contributed by atoms with E-state index >= 15 is 0 Å². The standard InChI is InChI=1S/C15H11BrF3NO/c1-20(8-9-2-4-10(16)5-3-9)15(21)14-12(18)6-11(17)7-13(14)19/h2-7H,8H2,1H3. The first kappa shape index (κ1) is 15.6. The molecular weight excluding hydrogens is 347 g/mol. The van der Waals surface area contributed by atoms with Crippen molar-refractivity contribution in [3.63, 3.8) is 0 Å². The highest BCUT2D eigenvalue weighted by Crippen LogP contribution is 2.18. The summed E-state index contributed by atoms with van der Waals surface area (Å²) >= 11 is 3.29. The monoisotopic (exact) mass is 357 g/mol. The van der Waals surface area contributed by atoms with Crippen molar-refractivity contribution in [3.8, 4) is 0 Å². The van der Waals surface area contributed by atoms with Gasteiger partial charge < -0.3 is 4.90 Å². The van der Waals surface area contributed by atoms with E-state index in [9.17, 15) is 18.0 Å². The van der Waals surface area contributed by atoms with Crippen LogP contribution in [0.25, 0.3) is 0 Å². The Hall–Kier alpha value is -1.82. The number of nitrogens with zero attached hydrogens (tertiary/aromatic N) is 1. The summed E-state index contributed by atoms with van der Waals surface area (Å²) in [6.07, 6.45) is 0. The summed E-state index contributed by atoms with van der Waals surface area (Å²) in [6.45, 7) is 0.183. The van der Waals surface area contributed by atoms with Gasteiger partial charge in [-0.15, -0.1) is 0 Å². The molecule has 21 heavy (non-hydrogen) atoms. The maximum atomic E-state index is 13.6. The molecule has 2 nitrogen and oxygen atoms in total. The second-order valence-electron chi connectivity index (χ2n) is 4.53. The van der Waals surface area contributed by atoms with Crippen LogP contribution in [0.5, 0.6) is 0 Å². The van der Waals surface area contributed by atoms with Gasteiger partial charge in [0.2, 0.25) is 0 Å². The maximum Gasteiger partial charge on any atom is 0.259 e. The van der Waals surface area contributed by atoms with E-state index in [-0.39, 0.29) is 6.54 Å².